The van der Waals surface area contributed by atoms with Crippen molar-refractivity contribution < 1.29 is 9.59 Å². The molecule has 1 aliphatic heterocycles. The van der Waals surface area contributed by atoms with Gasteiger partial charge in [0, 0.05) is 31.7 Å². The first-order chi connectivity index (χ1) is 14.1. The Hall–Kier alpha value is -3.02. The summed E-state index contributed by atoms with van der Waals surface area (Å²) >= 11 is 0. The molecule has 6 heteroatoms. The first kappa shape index (κ1) is 19.3. The predicted octanol–water partition coefficient (Wildman–Crippen LogP) is 3.50. The van der Waals surface area contributed by atoms with Crippen molar-refractivity contribution in [2.75, 3.05) is 26.2 Å². The first-order valence-electron chi connectivity index (χ1n) is 10.3. The van der Waals surface area contributed by atoms with E-state index in [0.29, 0.717) is 37.3 Å². The minimum absolute atomic E-state index is 0.0427. The van der Waals surface area contributed by atoms with Crippen molar-refractivity contribution in [3.63, 3.8) is 0 Å². The topological polar surface area (TPSA) is 66.4 Å². The number of hydrogen-bond donors (Lipinski definition) is 0. The minimum atomic E-state index is -0.114. The molecule has 0 bridgehead atoms. The summed E-state index contributed by atoms with van der Waals surface area (Å²) in [5, 5.41) is 0. The number of nitrogens with zero attached hydrogens (tertiary/aromatic N) is 4. The third-order valence-electron chi connectivity index (χ3n) is 5.72. The molecule has 0 radical (unpaired) electrons. The van der Waals surface area contributed by atoms with E-state index in [1.165, 1.54) is 0 Å². The smallest absolute Gasteiger partial charge is 0.253 e. The van der Waals surface area contributed by atoms with E-state index in [2.05, 4.69) is 9.97 Å². The molecular formula is C23H26N4O2. The summed E-state index contributed by atoms with van der Waals surface area (Å²) in [5.74, 6) is -0.000884. The van der Waals surface area contributed by atoms with E-state index in [1.807, 2.05) is 66.1 Å². The number of amides is 2. The Bertz CT molecular complexity index is 1060. The molecule has 0 unspecified atom stereocenters. The molecular weight excluding hydrogens is 364 g/mol. The van der Waals surface area contributed by atoms with Crippen molar-refractivity contribution in [2.24, 2.45) is 5.92 Å². The van der Waals surface area contributed by atoms with Gasteiger partial charge in [-0.05, 0) is 57.0 Å². The molecule has 2 amide bonds. The van der Waals surface area contributed by atoms with Crippen LogP contribution in [0.4, 0.5) is 0 Å². The van der Waals surface area contributed by atoms with Crippen LogP contribution in [0.1, 0.15) is 37.0 Å². The van der Waals surface area contributed by atoms with Crippen LogP contribution in [0.3, 0.4) is 0 Å². The molecule has 6 nitrogen and oxygen atoms in total. The molecule has 29 heavy (non-hydrogen) atoms. The van der Waals surface area contributed by atoms with Gasteiger partial charge in [-0.25, -0.2) is 9.97 Å². The molecule has 1 atom stereocenters. The Morgan fingerprint density at radius 3 is 2.34 bits per heavy atom. The molecule has 150 valence electrons. The number of para-hydroxylation sites is 2. The normalized spacial score (nSPS) is 16.9. The number of fused-ring (bicyclic) bond motifs is 2. The van der Waals surface area contributed by atoms with Gasteiger partial charge < -0.3 is 9.80 Å². The average molecular weight is 390 g/mol. The molecule has 1 aliphatic rings. The van der Waals surface area contributed by atoms with Gasteiger partial charge in [0.15, 0.2) is 0 Å². The van der Waals surface area contributed by atoms with Gasteiger partial charge in [0.25, 0.3) is 5.91 Å². The fraction of sp³-hybridized carbons (Fsp3) is 0.391. The van der Waals surface area contributed by atoms with Gasteiger partial charge in [0.1, 0.15) is 0 Å². The highest BCUT2D eigenvalue weighted by molar-refractivity contribution is 5.98. The highest BCUT2D eigenvalue weighted by atomic mass is 16.2. The van der Waals surface area contributed by atoms with Crippen LogP contribution in [0.25, 0.3) is 22.1 Å². The number of carbonyl (C=O) groups is 2. The van der Waals surface area contributed by atoms with Crippen molar-refractivity contribution in [1.29, 1.82) is 0 Å². The van der Waals surface area contributed by atoms with E-state index in [1.54, 1.807) is 0 Å². The first-order valence-corrected chi connectivity index (χ1v) is 10.3. The number of aromatic nitrogens is 2. The third kappa shape index (κ3) is 3.79. The fourth-order valence-corrected chi connectivity index (χ4v) is 4.09. The van der Waals surface area contributed by atoms with Gasteiger partial charge in [-0.1, -0.05) is 12.1 Å². The summed E-state index contributed by atoms with van der Waals surface area (Å²) in [5.41, 5.74) is 3.73. The van der Waals surface area contributed by atoms with Crippen LogP contribution in [-0.4, -0.2) is 57.8 Å². The zero-order chi connectivity index (χ0) is 20.4. The molecule has 4 rings (SSSR count). The standard InChI is InChI=1S/C23H26N4O2/c1-3-26(4-2)23(29)17-8-7-13-27(15-17)22(28)16-11-12-20-21(14-16)25-19-10-6-5-9-18(19)24-20/h5-6,9-12,14,17H,3-4,7-8,13,15H2,1-2H3/t17-/m1/s1. The van der Waals surface area contributed by atoms with Gasteiger partial charge in [-0.15, -0.1) is 0 Å². The lowest BCUT2D eigenvalue weighted by molar-refractivity contribution is -0.136. The number of rotatable bonds is 4. The number of piperidine rings is 1. The van der Waals surface area contributed by atoms with Crippen molar-refractivity contribution in [3.8, 4) is 0 Å². The Kier molecular flexibility index (Phi) is 5.43. The van der Waals surface area contributed by atoms with Crippen LogP contribution < -0.4 is 0 Å². The zero-order valence-electron chi connectivity index (χ0n) is 17.0. The van der Waals surface area contributed by atoms with Crippen LogP contribution in [0, 0.1) is 5.92 Å². The quantitative estimate of drug-likeness (QED) is 0.640. The molecule has 1 fully saturated rings. The van der Waals surface area contributed by atoms with Gasteiger partial charge in [-0.3, -0.25) is 9.59 Å². The molecule has 3 aromatic rings. The van der Waals surface area contributed by atoms with Gasteiger partial charge in [-0.2, -0.15) is 0 Å². The summed E-state index contributed by atoms with van der Waals surface area (Å²) < 4.78 is 0. The molecule has 0 saturated carbocycles. The number of benzene rings is 2. The van der Waals surface area contributed by atoms with Gasteiger partial charge in [0.05, 0.1) is 28.0 Å². The number of hydrogen-bond acceptors (Lipinski definition) is 4. The van der Waals surface area contributed by atoms with E-state index in [-0.39, 0.29) is 17.7 Å². The lowest BCUT2D eigenvalue weighted by atomic mass is 9.95. The predicted molar refractivity (Wildman–Crippen MR) is 114 cm³/mol. The van der Waals surface area contributed by atoms with Gasteiger partial charge in [0.2, 0.25) is 5.91 Å². The Labute approximate surface area is 170 Å². The zero-order valence-corrected chi connectivity index (χ0v) is 17.0. The van der Waals surface area contributed by atoms with E-state index >= 15 is 0 Å². The summed E-state index contributed by atoms with van der Waals surface area (Å²) in [6.07, 6.45) is 1.69. The fourth-order valence-electron chi connectivity index (χ4n) is 4.09. The SMILES string of the molecule is CCN(CC)C(=O)[C@@H]1CCCN(C(=O)c2ccc3nc4ccccc4nc3c2)C1. The highest BCUT2D eigenvalue weighted by Gasteiger charge is 2.30. The molecule has 2 heterocycles. The Morgan fingerprint density at radius 1 is 1.00 bits per heavy atom. The molecule has 1 aromatic heterocycles. The molecule has 0 N–H and O–H groups in total. The largest absolute Gasteiger partial charge is 0.343 e. The molecule has 0 aliphatic carbocycles. The van der Waals surface area contributed by atoms with Gasteiger partial charge >= 0.3 is 0 Å². The lowest BCUT2D eigenvalue weighted by Crippen LogP contribution is -2.46. The average Bonchev–Trinajstić information content (AvgIpc) is 2.77. The summed E-state index contributed by atoms with van der Waals surface area (Å²) in [6.45, 7) is 6.56. The van der Waals surface area contributed by atoms with Crippen LogP contribution in [0.5, 0.6) is 0 Å². The maximum Gasteiger partial charge on any atom is 0.253 e. The Balaban J connectivity index is 1.57. The highest BCUT2D eigenvalue weighted by Crippen LogP contribution is 2.23. The van der Waals surface area contributed by atoms with Crippen molar-refractivity contribution in [3.05, 3.63) is 48.0 Å². The maximum absolute atomic E-state index is 13.1. The van der Waals surface area contributed by atoms with Crippen LogP contribution >= 0.6 is 0 Å². The lowest BCUT2D eigenvalue weighted by Gasteiger charge is -2.34. The third-order valence-corrected chi connectivity index (χ3v) is 5.72. The van der Waals surface area contributed by atoms with E-state index < -0.39 is 0 Å². The summed E-state index contributed by atoms with van der Waals surface area (Å²) in [7, 11) is 0. The summed E-state index contributed by atoms with van der Waals surface area (Å²) in [6, 6.07) is 13.2. The molecule has 1 saturated heterocycles. The second-order valence-electron chi connectivity index (χ2n) is 7.52. The van der Waals surface area contributed by atoms with Crippen molar-refractivity contribution >= 4 is 33.9 Å². The second kappa shape index (κ2) is 8.15. The number of likely N-dealkylation sites (tertiary alicyclic amines) is 1. The molecule has 0 spiro atoms. The maximum atomic E-state index is 13.1. The van der Waals surface area contributed by atoms with E-state index in [9.17, 15) is 9.59 Å². The van der Waals surface area contributed by atoms with E-state index in [0.717, 1.165) is 29.4 Å². The Morgan fingerprint density at radius 2 is 1.66 bits per heavy atom. The minimum Gasteiger partial charge on any atom is -0.343 e. The van der Waals surface area contributed by atoms with Crippen molar-refractivity contribution in [2.45, 2.75) is 26.7 Å². The van der Waals surface area contributed by atoms with Crippen LogP contribution in [0.15, 0.2) is 42.5 Å². The summed E-state index contributed by atoms with van der Waals surface area (Å²) in [4.78, 5) is 38.8. The molecule has 2 aromatic carbocycles. The monoisotopic (exact) mass is 390 g/mol. The van der Waals surface area contributed by atoms with E-state index in [4.69, 9.17) is 0 Å². The van der Waals surface area contributed by atoms with Crippen LogP contribution in [-0.2, 0) is 4.79 Å². The second-order valence-corrected chi connectivity index (χ2v) is 7.52. The van der Waals surface area contributed by atoms with Crippen molar-refractivity contribution in [1.82, 2.24) is 19.8 Å². The number of carbonyl (C=O) groups excluding carboxylic acids is 2. The van der Waals surface area contributed by atoms with Crippen LogP contribution in [0.2, 0.25) is 0 Å².